The van der Waals surface area contributed by atoms with Gasteiger partial charge in [0.1, 0.15) is 0 Å². The molecular weight excluding hydrogens is 278 g/mol. The molecule has 1 rings (SSSR count). The summed E-state index contributed by atoms with van der Waals surface area (Å²) in [5, 5.41) is 9.41. The zero-order valence-electron chi connectivity index (χ0n) is 13.0. The number of nitrogens with zero attached hydrogens (tertiary/aromatic N) is 1. The lowest BCUT2D eigenvalue weighted by molar-refractivity contribution is -0.151. The molecule has 1 fully saturated rings. The van der Waals surface area contributed by atoms with Crippen molar-refractivity contribution >= 4 is 16.0 Å². The van der Waals surface area contributed by atoms with Crippen molar-refractivity contribution in [3.8, 4) is 0 Å². The number of carboxylic acid groups (broad SMARTS) is 1. The van der Waals surface area contributed by atoms with E-state index in [9.17, 15) is 18.3 Å². The van der Waals surface area contributed by atoms with Gasteiger partial charge in [0.15, 0.2) is 0 Å². The number of hydrogen-bond acceptors (Lipinski definition) is 3. The third-order valence-corrected chi connectivity index (χ3v) is 5.99. The molecule has 20 heavy (non-hydrogen) atoms. The van der Waals surface area contributed by atoms with Gasteiger partial charge in [-0.3, -0.25) is 4.79 Å². The summed E-state index contributed by atoms with van der Waals surface area (Å²) in [6.07, 6.45) is 2.23. The minimum Gasteiger partial charge on any atom is -0.481 e. The molecule has 0 aromatic heterocycles. The van der Waals surface area contributed by atoms with Gasteiger partial charge in [0.2, 0.25) is 10.0 Å². The highest BCUT2D eigenvalue weighted by molar-refractivity contribution is 7.89. The molecule has 1 aliphatic rings. The van der Waals surface area contributed by atoms with Crippen LogP contribution in [0, 0.1) is 10.8 Å². The topological polar surface area (TPSA) is 74.7 Å². The van der Waals surface area contributed by atoms with E-state index in [1.54, 1.807) is 0 Å². The first-order valence-electron chi connectivity index (χ1n) is 7.24. The molecule has 0 aromatic rings. The molecular formula is C14H27NO4S. The minimum absolute atomic E-state index is 0.0441. The molecule has 1 aliphatic heterocycles. The molecule has 0 bridgehead atoms. The molecule has 5 nitrogen and oxygen atoms in total. The number of rotatable bonds is 5. The normalized spacial score (nSPS) is 25.6. The first kappa shape index (κ1) is 17.4. The van der Waals surface area contributed by atoms with Crippen molar-refractivity contribution in [2.24, 2.45) is 10.8 Å². The van der Waals surface area contributed by atoms with Crippen LogP contribution < -0.4 is 0 Å². The maximum Gasteiger partial charge on any atom is 0.310 e. The van der Waals surface area contributed by atoms with Crippen LogP contribution in [-0.2, 0) is 14.8 Å². The van der Waals surface area contributed by atoms with Crippen molar-refractivity contribution in [2.75, 3.05) is 18.8 Å². The Bertz CT molecular complexity index is 452. The molecule has 1 atom stereocenters. The highest BCUT2D eigenvalue weighted by Crippen LogP contribution is 2.35. The van der Waals surface area contributed by atoms with Crippen molar-refractivity contribution in [2.45, 2.75) is 53.4 Å². The van der Waals surface area contributed by atoms with E-state index < -0.39 is 21.4 Å². The molecule has 0 aromatic carbocycles. The Hall–Kier alpha value is -0.620. The van der Waals surface area contributed by atoms with Crippen LogP contribution in [0.25, 0.3) is 0 Å². The Kier molecular flexibility index (Phi) is 5.24. The van der Waals surface area contributed by atoms with Crippen LogP contribution in [0.15, 0.2) is 0 Å². The second-order valence-corrected chi connectivity index (χ2v) is 9.09. The molecule has 0 spiro atoms. The van der Waals surface area contributed by atoms with Gasteiger partial charge in [-0.2, -0.15) is 0 Å². The molecule has 0 aliphatic carbocycles. The number of hydrogen-bond donors (Lipinski definition) is 1. The van der Waals surface area contributed by atoms with Gasteiger partial charge in [-0.25, -0.2) is 12.7 Å². The third kappa shape index (κ3) is 4.19. The van der Waals surface area contributed by atoms with Crippen LogP contribution in [0.4, 0.5) is 0 Å². The molecule has 1 unspecified atom stereocenters. The van der Waals surface area contributed by atoms with Crippen LogP contribution in [0.1, 0.15) is 53.4 Å². The predicted octanol–water partition coefficient (Wildman–Crippen LogP) is 2.33. The van der Waals surface area contributed by atoms with Crippen molar-refractivity contribution in [3.63, 3.8) is 0 Å². The average molecular weight is 305 g/mol. The maximum atomic E-state index is 12.4. The smallest absolute Gasteiger partial charge is 0.310 e. The molecule has 0 radical (unpaired) electrons. The summed E-state index contributed by atoms with van der Waals surface area (Å²) in [6.45, 7) is 8.40. The Morgan fingerprint density at radius 3 is 2.40 bits per heavy atom. The average Bonchev–Trinajstić information content (AvgIpc) is 2.35. The lowest BCUT2D eigenvalue weighted by atomic mass is 9.78. The van der Waals surface area contributed by atoms with Gasteiger partial charge in [-0.15, -0.1) is 0 Å². The van der Waals surface area contributed by atoms with E-state index in [1.807, 2.05) is 27.7 Å². The van der Waals surface area contributed by atoms with Crippen LogP contribution in [-0.4, -0.2) is 42.6 Å². The zero-order chi connectivity index (χ0) is 15.6. The van der Waals surface area contributed by atoms with Crippen molar-refractivity contribution in [1.29, 1.82) is 0 Å². The third-order valence-electron chi connectivity index (χ3n) is 4.18. The molecule has 118 valence electrons. The van der Waals surface area contributed by atoms with E-state index in [1.165, 1.54) is 4.31 Å². The Morgan fingerprint density at radius 2 is 1.95 bits per heavy atom. The van der Waals surface area contributed by atoms with Gasteiger partial charge in [0.05, 0.1) is 11.2 Å². The van der Waals surface area contributed by atoms with Gasteiger partial charge in [0, 0.05) is 13.1 Å². The number of carboxylic acids is 1. The summed E-state index contributed by atoms with van der Waals surface area (Å²) in [5.41, 5.74) is -0.954. The van der Waals surface area contributed by atoms with Gasteiger partial charge in [-0.05, 0) is 31.1 Å². The number of aliphatic carboxylic acids is 1. The van der Waals surface area contributed by atoms with Gasteiger partial charge >= 0.3 is 5.97 Å². The molecule has 0 saturated carbocycles. The summed E-state index contributed by atoms with van der Waals surface area (Å²) in [5.74, 6) is -0.786. The fourth-order valence-electron chi connectivity index (χ4n) is 2.51. The molecule has 0 amide bonds. The van der Waals surface area contributed by atoms with E-state index in [0.717, 1.165) is 0 Å². The Labute approximate surface area is 122 Å². The van der Waals surface area contributed by atoms with Gasteiger partial charge < -0.3 is 5.11 Å². The summed E-state index contributed by atoms with van der Waals surface area (Å²) >= 11 is 0. The van der Waals surface area contributed by atoms with Crippen molar-refractivity contribution < 1.29 is 18.3 Å². The maximum absolute atomic E-state index is 12.4. The Balaban J connectivity index is 2.83. The first-order valence-corrected chi connectivity index (χ1v) is 8.85. The van der Waals surface area contributed by atoms with Crippen molar-refractivity contribution in [3.05, 3.63) is 0 Å². The lowest BCUT2D eigenvalue weighted by Crippen LogP contribution is -2.50. The summed E-state index contributed by atoms with van der Waals surface area (Å²) in [4.78, 5) is 11.5. The van der Waals surface area contributed by atoms with E-state index in [-0.39, 0.29) is 17.7 Å². The fraction of sp³-hybridized carbons (Fsp3) is 0.929. The van der Waals surface area contributed by atoms with E-state index in [2.05, 4.69) is 0 Å². The monoisotopic (exact) mass is 305 g/mol. The highest BCUT2D eigenvalue weighted by Gasteiger charge is 2.43. The first-order chi connectivity index (χ1) is 9.02. The van der Waals surface area contributed by atoms with Gasteiger partial charge in [-0.1, -0.05) is 27.7 Å². The largest absolute Gasteiger partial charge is 0.481 e. The van der Waals surface area contributed by atoms with E-state index >= 15 is 0 Å². The standard InChI is InChI=1S/C14H27NO4S/c1-5-14(12(16)17)7-6-9-15(11-14)20(18,19)10-8-13(2,3)4/h5-11H2,1-4H3,(H,16,17). The minimum atomic E-state index is -3.36. The summed E-state index contributed by atoms with van der Waals surface area (Å²) in [7, 11) is -3.36. The van der Waals surface area contributed by atoms with Crippen LogP contribution in [0.5, 0.6) is 0 Å². The zero-order valence-corrected chi connectivity index (χ0v) is 13.8. The Morgan fingerprint density at radius 1 is 1.35 bits per heavy atom. The van der Waals surface area contributed by atoms with E-state index in [4.69, 9.17) is 0 Å². The number of carbonyl (C=O) groups is 1. The summed E-state index contributed by atoms with van der Waals surface area (Å²) in [6, 6.07) is 0. The quantitative estimate of drug-likeness (QED) is 0.846. The molecule has 1 saturated heterocycles. The SMILES string of the molecule is CCC1(C(=O)O)CCCN(S(=O)(=O)CCC(C)(C)C)C1. The van der Waals surface area contributed by atoms with Crippen LogP contribution >= 0.6 is 0 Å². The number of piperidine rings is 1. The lowest BCUT2D eigenvalue weighted by Gasteiger charge is -2.38. The second kappa shape index (κ2) is 6.02. The highest BCUT2D eigenvalue weighted by atomic mass is 32.2. The fourth-order valence-corrected chi connectivity index (χ4v) is 4.49. The van der Waals surface area contributed by atoms with E-state index in [0.29, 0.717) is 32.2 Å². The van der Waals surface area contributed by atoms with Crippen molar-refractivity contribution in [1.82, 2.24) is 4.31 Å². The molecule has 6 heteroatoms. The second-order valence-electron chi connectivity index (χ2n) is 7.00. The van der Waals surface area contributed by atoms with Crippen LogP contribution in [0.3, 0.4) is 0 Å². The predicted molar refractivity (Wildman–Crippen MR) is 79.0 cm³/mol. The summed E-state index contributed by atoms with van der Waals surface area (Å²) < 4.78 is 26.2. The number of sulfonamides is 1. The molecule has 1 N–H and O–H groups in total. The van der Waals surface area contributed by atoms with Crippen LogP contribution in [0.2, 0.25) is 0 Å². The molecule has 1 heterocycles. The van der Waals surface area contributed by atoms with Gasteiger partial charge in [0.25, 0.3) is 0 Å².